The number of anilines is 2. The average molecular weight is 422 g/mol. The van der Waals surface area contributed by atoms with Crippen LogP contribution in [0.15, 0.2) is 54.6 Å². The number of rotatable bonds is 5. The van der Waals surface area contributed by atoms with Crippen molar-refractivity contribution in [3.63, 3.8) is 0 Å². The van der Waals surface area contributed by atoms with Crippen LogP contribution < -0.4 is 21.3 Å². The monoisotopic (exact) mass is 421 g/mol. The molecule has 0 radical (unpaired) electrons. The van der Waals surface area contributed by atoms with Gasteiger partial charge in [0.2, 0.25) is 0 Å². The van der Waals surface area contributed by atoms with Crippen LogP contribution in [0.25, 0.3) is 0 Å². The normalized spacial score (nSPS) is 16.3. The van der Waals surface area contributed by atoms with E-state index in [1.54, 1.807) is 29.2 Å². The first-order chi connectivity index (χ1) is 15.1. The van der Waals surface area contributed by atoms with E-state index < -0.39 is 0 Å². The minimum absolute atomic E-state index is 0.0318. The average Bonchev–Trinajstić information content (AvgIpc) is 3.59. The van der Waals surface area contributed by atoms with Crippen molar-refractivity contribution in [2.24, 2.45) is 0 Å². The van der Waals surface area contributed by atoms with Crippen LogP contribution in [0.3, 0.4) is 0 Å². The molecule has 162 valence electrons. The Balaban J connectivity index is 1.22. The Hall–Kier alpha value is -3.55. The van der Waals surface area contributed by atoms with Gasteiger partial charge in [-0.15, -0.1) is 0 Å². The highest BCUT2D eigenvalue weighted by Gasteiger charge is 2.25. The van der Waals surface area contributed by atoms with Crippen molar-refractivity contribution in [3.05, 3.63) is 60.2 Å². The Morgan fingerprint density at radius 1 is 0.677 bits per heavy atom. The molecule has 1 aliphatic heterocycles. The van der Waals surface area contributed by atoms with Crippen molar-refractivity contribution in [2.75, 3.05) is 23.7 Å². The quantitative estimate of drug-likeness (QED) is 0.595. The summed E-state index contributed by atoms with van der Waals surface area (Å²) >= 11 is 0. The highest BCUT2D eigenvalue weighted by atomic mass is 16.2. The van der Waals surface area contributed by atoms with Gasteiger partial charge in [0.1, 0.15) is 0 Å². The van der Waals surface area contributed by atoms with Crippen LogP contribution in [0.2, 0.25) is 0 Å². The van der Waals surface area contributed by atoms with E-state index in [2.05, 4.69) is 21.3 Å². The highest BCUT2D eigenvalue weighted by Crippen LogP contribution is 2.19. The van der Waals surface area contributed by atoms with Crippen molar-refractivity contribution in [2.45, 2.75) is 37.8 Å². The molecule has 2 aromatic carbocycles. The number of amides is 5. The molecule has 8 heteroatoms. The van der Waals surface area contributed by atoms with Gasteiger partial charge in [0.25, 0.3) is 5.91 Å². The molecule has 2 aromatic rings. The van der Waals surface area contributed by atoms with Gasteiger partial charge in [-0.3, -0.25) is 4.79 Å². The molecule has 0 bridgehead atoms. The fraction of sp³-hybridized carbons (Fsp3) is 0.348. The first-order valence-corrected chi connectivity index (χ1v) is 10.7. The predicted molar refractivity (Wildman–Crippen MR) is 119 cm³/mol. The number of benzene rings is 2. The molecule has 2 aliphatic rings. The van der Waals surface area contributed by atoms with E-state index in [-0.39, 0.29) is 24.0 Å². The zero-order valence-corrected chi connectivity index (χ0v) is 17.3. The van der Waals surface area contributed by atoms with Gasteiger partial charge >= 0.3 is 12.1 Å². The molecule has 0 spiro atoms. The molecule has 1 aliphatic carbocycles. The third kappa shape index (κ3) is 5.97. The third-order valence-corrected chi connectivity index (χ3v) is 5.45. The number of carbonyl (C=O) groups is 3. The summed E-state index contributed by atoms with van der Waals surface area (Å²) in [5, 5.41) is 11.4. The molecule has 8 nitrogen and oxygen atoms in total. The summed E-state index contributed by atoms with van der Waals surface area (Å²) in [4.78, 5) is 38.5. The molecule has 0 atom stereocenters. The van der Waals surface area contributed by atoms with Crippen LogP contribution in [-0.2, 0) is 0 Å². The molecular weight excluding hydrogens is 394 g/mol. The summed E-state index contributed by atoms with van der Waals surface area (Å²) in [5.41, 5.74) is 1.99. The topological polar surface area (TPSA) is 103 Å². The maximum absolute atomic E-state index is 12.8. The summed E-state index contributed by atoms with van der Waals surface area (Å²) in [6.45, 7) is 1.16. The summed E-state index contributed by atoms with van der Waals surface area (Å²) in [5.74, 6) is -0.0406. The number of carbonyl (C=O) groups excluding carboxylic acids is 3. The maximum Gasteiger partial charge on any atom is 0.319 e. The van der Waals surface area contributed by atoms with Crippen LogP contribution in [0.1, 0.15) is 36.0 Å². The molecular formula is C23H27N5O3. The number of likely N-dealkylation sites (tertiary alicyclic amines) is 1. The lowest BCUT2D eigenvalue weighted by Gasteiger charge is -2.32. The van der Waals surface area contributed by atoms with Gasteiger partial charge in [-0.1, -0.05) is 18.2 Å². The van der Waals surface area contributed by atoms with E-state index in [1.165, 1.54) is 0 Å². The molecule has 2 fully saturated rings. The van der Waals surface area contributed by atoms with Crippen LogP contribution >= 0.6 is 0 Å². The second kappa shape index (κ2) is 9.51. The van der Waals surface area contributed by atoms with Crippen LogP contribution in [-0.4, -0.2) is 48.0 Å². The van der Waals surface area contributed by atoms with Gasteiger partial charge in [-0.05, 0) is 62.1 Å². The Morgan fingerprint density at radius 3 is 1.74 bits per heavy atom. The lowest BCUT2D eigenvalue weighted by molar-refractivity contribution is 0.0709. The molecule has 0 unspecified atom stereocenters. The summed E-state index contributed by atoms with van der Waals surface area (Å²) in [6, 6.07) is 16.1. The Labute approximate surface area is 181 Å². The second-order valence-electron chi connectivity index (χ2n) is 7.98. The van der Waals surface area contributed by atoms with Crippen molar-refractivity contribution >= 4 is 29.3 Å². The first kappa shape index (κ1) is 20.7. The first-order valence-electron chi connectivity index (χ1n) is 10.7. The molecule has 1 saturated heterocycles. The van der Waals surface area contributed by atoms with E-state index >= 15 is 0 Å². The van der Waals surface area contributed by atoms with Crippen molar-refractivity contribution in [3.8, 4) is 0 Å². The second-order valence-corrected chi connectivity index (χ2v) is 7.98. The number of hydrogen-bond donors (Lipinski definition) is 4. The predicted octanol–water partition coefficient (Wildman–Crippen LogP) is 3.40. The number of hydrogen-bond acceptors (Lipinski definition) is 3. The number of piperidine rings is 1. The van der Waals surface area contributed by atoms with Crippen molar-refractivity contribution in [1.82, 2.24) is 15.5 Å². The number of nitrogens with zero attached hydrogens (tertiary/aromatic N) is 1. The van der Waals surface area contributed by atoms with Crippen molar-refractivity contribution < 1.29 is 14.4 Å². The number of nitrogens with one attached hydrogen (secondary N) is 4. The number of urea groups is 2. The molecule has 4 rings (SSSR count). The molecule has 5 amide bonds. The van der Waals surface area contributed by atoms with E-state index in [0.29, 0.717) is 43.2 Å². The summed E-state index contributed by atoms with van der Waals surface area (Å²) < 4.78 is 0. The van der Waals surface area contributed by atoms with Gasteiger partial charge < -0.3 is 26.2 Å². The molecule has 1 heterocycles. The molecule has 4 N–H and O–H groups in total. The molecule has 1 saturated carbocycles. The van der Waals surface area contributed by atoms with Gasteiger partial charge in [0, 0.05) is 42.1 Å². The van der Waals surface area contributed by atoms with E-state index in [1.807, 2.05) is 30.3 Å². The largest absolute Gasteiger partial charge is 0.338 e. The number of para-hydroxylation sites is 1. The van der Waals surface area contributed by atoms with E-state index in [4.69, 9.17) is 0 Å². The molecule has 31 heavy (non-hydrogen) atoms. The van der Waals surface area contributed by atoms with Crippen LogP contribution in [0, 0.1) is 0 Å². The SMILES string of the molecule is O=C(Nc1ccc(C(=O)N2CCC(NC(=O)Nc3ccccc3)CC2)cc1)NC1CC1. The summed E-state index contributed by atoms with van der Waals surface area (Å²) in [7, 11) is 0. The van der Waals surface area contributed by atoms with Gasteiger partial charge in [-0.2, -0.15) is 0 Å². The maximum atomic E-state index is 12.8. The minimum Gasteiger partial charge on any atom is -0.338 e. The van der Waals surface area contributed by atoms with Gasteiger partial charge in [0.15, 0.2) is 0 Å². The fourth-order valence-electron chi connectivity index (χ4n) is 3.56. The zero-order chi connectivity index (χ0) is 21.6. The highest BCUT2D eigenvalue weighted by molar-refractivity contribution is 5.95. The molecule has 0 aromatic heterocycles. The Bertz CT molecular complexity index is 920. The van der Waals surface area contributed by atoms with E-state index in [0.717, 1.165) is 18.5 Å². The third-order valence-electron chi connectivity index (χ3n) is 5.45. The Kier molecular flexibility index (Phi) is 6.35. The van der Waals surface area contributed by atoms with Crippen molar-refractivity contribution in [1.29, 1.82) is 0 Å². The smallest absolute Gasteiger partial charge is 0.319 e. The zero-order valence-electron chi connectivity index (χ0n) is 17.3. The van der Waals surface area contributed by atoms with Gasteiger partial charge in [0.05, 0.1) is 0 Å². The van der Waals surface area contributed by atoms with Gasteiger partial charge in [-0.25, -0.2) is 9.59 Å². The fourth-order valence-corrected chi connectivity index (χ4v) is 3.56. The lowest BCUT2D eigenvalue weighted by atomic mass is 10.0. The van der Waals surface area contributed by atoms with Crippen LogP contribution in [0.4, 0.5) is 21.0 Å². The van der Waals surface area contributed by atoms with E-state index in [9.17, 15) is 14.4 Å². The standard InChI is InChI=1S/C23H27N5O3/c29-21(16-6-8-18(9-7-16)25-23(31)26-19-10-11-19)28-14-12-20(13-15-28)27-22(30)24-17-4-2-1-3-5-17/h1-9,19-20H,10-15H2,(H2,24,27,30)(H2,25,26,31). The summed E-state index contributed by atoms with van der Waals surface area (Å²) in [6.07, 6.45) is 3.47. The van der Waals surface area contributed by atoms with Crippen LogP contribution in [0.5, 0.6) is 0 Å². The Morgan fingerprint density at radius 2 is 1.19 bits per heavy atom. The lowest BCUT2D eigenvalue weighted by Crippen LogP contribution is -2.47. The minimum atomic E-state index is -0.232.